The van der Waals surface area contributed by atoms with Crippen LogP contribution >= 0.6 is 23.2 Å². The molecule has 28 heavy (non-hydrogen) atoms. The van der Waals surface area contributed by atoms with Crippen LogP contribution in [0.1, 0.15) is 25.3 Å². The predicted molar refractivity (Wildman–Crippen MR) is 108 cm³/mol. The van der Waals surface area contributed by atoms with E-state index in [1.807, 2.05) is 13.0 Å². The van der Waals surface area contributed by atoms with E-state index in [9.17, 15) is 9.59 Å². The minimum atomic E-state index is -0.864. The molecule has 1 N–H and O–H groups in total. The molecule has 0 spiro atoms. The van der Waals surface area contributed by atoms with Crippen molar-refractivity contribution in [3.8, 4) is 0 Å². The summed E-state index contributed by atoms with van der Waals surface area (Å²) in [6, 6.07) is 12.3. The Morgan fingerprint density at radius 1 is 0.964 bits per heavy atom. The molecule has 0 atom stereocenters. The van der Waals surface area contributed by atoms with Crippen molar-refractivity contribution in [2.75, 3.05) is 18.7 Å². The summed E-state index contributed by atoms with van der Waals surface area (Å²) >= 11 is 12.4. The van der Waals surface area contributed by atoms with Crippen LogP contribution < -0.4 is 5.32 Å². The molecule has 150 valence electrons. The number of hydrogen-bond donors (Lipinski definition) is 1. The Hall–Kier alpha value is -2.44. The second-order valence-corrected chi connectivity index (χ2v) is 6.60. The van der Waals surface area contributed by atoms with Crippen molar-refractivity contribution < 1.29 is 23.8 Å². The van der Waals surface area contributed by atoms with Crippen LogP contribution in [-0.2, 0) is 25.4 Å². The number of carbonyl (C=O) groups excluding carboxylic acids is 2. The molecule has 2 aromatic carbocycles. The highest BCUT2D eigenvalue weighted by Crippen LogP contribution is 2.33. The van der Waals surface area contributed by atoms with E-state index >= 15 is 0 Å². The number of ether oxygens (including phenoxy) is 3. The van der Waals surface area contributed by atoms with Gasteiger partial charge in [-0.3, -0.25) is 4.79 Å². The third-order valence-corrected chi connectivity index (χ3v) is 4.32. The van der Waals surface area contributed by atoms with Crippen LogP contribution in [0.4, 0.5) is 16.2 Å². The number of unbranched alkanes of at least 4 members (excludes halogenated alkanes) is 1. The number of hydrogen-bond acceptors (Lipinski definition) is 6. The summed E-state index contributed by atoms with van der Waals surface area (Å²) in [5.41, 5.74) is 1.88. The van der Waals surface area contributed by atoms with Crippen LogP contribution in [0.5, 0.6) is 0 Å². The van der Waals surface area contributed by atoms with Crippen molar-refractivity contribution in [3.63, 3.8) is 0 Å². The third kappa shape index (κ3) is 6.94. The standard InChI is InChI=1S/C20H21Cl2NO5/c1-2-3-11-26-20(25)28-13-27-18(24)12-14-7-4-5-10-17(14)23-19-15(21)8-6-9-16(19)22/h4-10,23H,2-3,11-13H2,1H3. The Morgan fingerprint density at radius 3 is 2.39 bits per heavy atom. The fraction of sp³-hybridized carbons (Fsp3) is 0.300. The minimum Gasteiger partial charge on any atom is -0.434 e. The Morgan fingerprint density at radius 2 is 1.68 bits per heavy atom. The summed E-state index contributed by atoms with van der Waals surface area (Å²) in [6.45, 7) is 1.74. The van der Waals surface area contributed by atoms with Crippen LogP contribution in [0, 0.1) is 0 Å². The van der Waals surface area contributed by atoms with Crippen molar-refractivity contribution >= 4 is 46.7 Å². The fourth-order valence-electron chi connectivity index (χ4n) is 2.24. The second kappa shape index (κ2) is 11.4. The first-order valence-electron chi connectivity index (χ1n) is 8.75. The molecule has 0 aliphatic rings. The zero-order valence-electron chi connectivity index (χ0n) is 15.4. The summed E-state index contributed by atoms with van der Waals surface area (Å²) in [6.07, 6.45) is 0.750. The topological polar surface area (TPSA) is 73.9 Å². The van der Waals surface area contributed by atoms with Gasteiger partial charge in [0, 0.05) is 5.69 Å². The number of rotatable bonds is 9. The van der Waals surface area contributed by atoms with E-state index in [-0.39, 0.29) is 13.0 Å². The van der Waals surface area contributed by atoms with Crippen LogP contribution in [0.15, 0.2) is 42.5 Å². The van der Waals surface area contributed by atoms with E-state index < -0.39 is 18.9 Å². The van der Waals surface area contributed by atoms with Gasteiger partial charge in [0.15, 0.2) is 0 Å². The predicted octanol–water partition coefficient (Wildman–Crippen LogP) is 5.73. The van der Waals surface area contributed by atoms with Gasteiger partial charge >= 0.3 is 12.1 Å². The van der Waals surface area contributed by atoms with Crippen molar-refractivity contribution in [2.24, 2.45) is 0 Å². The van der Waals surface area contributed by atoms with Crippen molar-refractivity contribution in [2.45, 2.75) is 26.2 Å². The Kier molecular flexibility index (Phi) is 8.91. The summed E-state index contributed by atoms with van der Waals surface area (Å²) in [5.74, 6) is -0.555. The van der Waals surface area contributed by atoms with Gasteiger partial charge in [-0.05, 0) is 30.2 Å². The van der Waals surface area contributed by atoms with Crippen LogP contribution in [0.2, 0.25) is 10.0 Å². The maximum Gasteiger partial charge on any atom is 0.511 e. The van der Waals surface area contributed by atoms with Gasteiger partial charge in [0.25, 0.3) is 0 Å². The molecule has 0 bridgehead atoms. The lowest BCUT2D eigenvalue weighted by Crippen LogP contribution is -2.16. The molecule has 2 aromatic rings. The molecular weight excluding hydrogens is 405 g/mol. The van der Waals surface area contributed by atoms with Gasteiger partial charge in [-0.1, -0.05) is 60.8 Å². The molecule has 0 saturated carbocycles. The number of carbonyl (C=O) groups is 2. The van der Waals surface area contributed by atoms with Crippen molar-refractivity contribution in [1.29, 1.82) is 0 Å². The van der Waals surface area contributed by atoms with Crippen LogP contribution in [0.3, 0.4) is 0 Å². The number of anilines is 2. The fourth-order valence-corrected chi connectivity index (χ4v) is 2.73. The number of para-hydroxylation sites is 2. The van der Waals surface area contributed by atoms with E-state index in [2.05, 4.69) is 5.32 Å². The summed E-state index contributed by atoms with van der Waals surface area (Å²) in [5, 5.41) is 4.06. The number of benzene rings is 2. The molecular formula is C20H21Cl2NO5. The van der Waals surface area contributed by atoms with Gasteiger partial charge in [0.2, 0.25) is 6.79 Å². The van der Waals surface area contributed by atoms with Crippen molar-refractivity contribution in [3.05, 3.63) is 58.1 Å². The third-order valence-electron chi connectivity index (χ3n) is 3.69. The molecule has 0 amide bonds. The molecule has 0 aliphatic heterocycles. The van der Waals surface area contributed by atoms with Crippen LogP contribution in [-0.4, -0.2) is 25.5 Å². The lowest BCUT2D eigenvalue weighted by Gasteiger charge is -2.14. The monoisotopic (exact) mass is 425 g/mol. The highest BCUT2D eigenvalue weighted by molar-refractivity contribution is 6.39. The molecule has 8 heteroatoms. The van der Waals surface area contributed by atoms with Gasteiger partial charge in [0.1, 0.15) is 0 Å². The first kappa shape index (κ1) is 21.9. The number of esters is 1. The van der Waals surface area contributed by atoms with Gasteiger partial charge < -0.3 is 19.5 Å². The number of nitrogens with one attached hydrogen (secondary N) is 1. The first-order valence-corrected chi connectivity index (χ1v) is 9.51. The Balaban J connectivity index is 1.90. The maximum atomic E-state index is 12.1. The molecule has 6 nitrogen and oxygen atoms in total. The highest BCUT2D eigenvalue weighted by atomic mass is 35.5. The molecule has 0 saturated heterocycles. The Labute approximate surface area is 173 Å². The van der Waals surface area contributed by atoms with Gasteiger partial charge in [-0.2, -0.15) is 0 Å². The van der Waals surface area contributed by atoms with E-state index in [0.29, 0.717) is 27.0 Å². The van der Waals surface area contributed by atoms with Gasteiger partial charge in [0.05, 0.1) is 28.8 Å². The summed E-state index contributed by atoms with van der Waals surface area (Å²) in [7, 11) is 0. The molecule has 0 aliphatic carbocycles. The highest BCUT2D eigenvalue weighted by Gasteiger charge is 2.13. The molecule has 0 fully saturated rings. The minimum absolute atomic E-state index is 0.0283. The van der Waals surface area contributed by atoms with Gasteiger partial charge in [-0.15, -0.1) is 0 Å². The maximum absolute atomic E-state index is 12.1. The molecule has 0 radical (unpaired) electrons. The molecule has 0 unspecified atom stereocenters. The average molecular weight is 426 g/mol. The van der Waals surface area contributed by atoms with E-state index in [1.54, 1.807) is 36.4 Å². The van der Waals surface area contributed by atoms with E-state index in [0.717, 1.165) is 12.8 Å². The quantitative estimate of drug-likeness (QED) is 0.314. The molecule has 0 aromatic heterocycles. The van der Waals surface area contributed by atoms with Gasteiger partial charge in [-0.25, -0.2) is 4.79 Å². The number of halogens is 2. The van der Waals surface area contributed by atoms with Crippen molar-refractivity contribution in [1.82, 2.24) is 0 Å². The second-order valence-electron chi connectivity index (χ2n) is 5.79. The SMILES string of the molecule is CCCCOC(=O)OCOC(=O)Cc1ccccc1Nc1c(Cl)cccc1Cl. The zero-order chi connectivity index (χ0) is 20.4. The van der Waals surface area contributed by atoms with E-state index in [4.69, 9.17) is 37.4 Å². The molecule has 0 heterocycles. The van der Waals surface area contributed by atoms with E-state index in [1.165, 1.54) is 0 Å². The molecule has 2 rings (SSSR count). The normalized spacial score (nSPS) is 10.2. The largest absolute Gasteiger partial charge is 0.511 e. The first-order chi connectivity index (χ1) is 13.5. The lowest BCUT2D eigenvalue weighted by atomic mass is 10.1. The zero-order valence-corrected chi connectivity index (χ0v) is 16.9. The van der Waals surface area contributed by atoms with Crippen LogP contribution in [0.25, 0.3) is 0 Å². The lowest BCUT2D eigenvalue weighted by molar-refractivity contribution is -0.152. The summed E-state index contributed by atoms with van der Waals surface area (Å²) in [4.78, 5) is 23.4. The smallest absolute Gasteiger partial charge is 0.434 e. The Bertz CT molecular complexity index is 793. The summed E-state index contributed by atoms with van der Waals surface area (Å²) < 4.78 is 14.4. The average Bonchev–Trinajstić information content (AvgIpc) is 2.66.